The van der Waals surface area contributed by atoms with Crippen molar-refractivity contribution < 1.29 is 9.22 Å². The minimum atomic E-state index is 0.886. The molecule has 2 nitrogen and oxygen atoms in total. The molecule has 0 aliphatic carbocycles. The SMILES string of the molecule is CC[N+](CC)(CC)Cc1ccc(OC)cc1CBr. The highest BCUT2D eigenvalue weighted by Gasteiger charge is 2.22. The molecule has 3 heteroatoms. The van der Waals surface area contributed by atoms with Crippen molar-refractivity contribution in [3.8, 4) is 5.75 Å². The molecule has 0 N–H and O–H groups in total. The summed E-state index contributed by atoms with van der Waals surface area (Å²) < 4.78 is 6.44. The van der Waals surface area contributed by atoms with Gasteiger partial charge < -0.3 is 9.22 Å². The maximum Gasteiger partial charge on any atom is 0.119 e. The van der Waals surface area contributed by atoms with E-state index in [9.17, 15) is 0 Å². The molecule has 0 aliphatic heterocycles. The summed E-state index contributed by atoms with van der Waals surface area (Å²) in [5.74, 6) is 0.941. The molecule has 0 spiro atoms. The van der Waals surface area contributed by atoms with Crippen molar-refractivity contribution in [1.82, 2.24) is 0 Å². The number of hydrogen-bond acceptors (Lipinski definition) is 1. The summed E-state index contributed by atoms with van der Waals surface area (Å²) in [6.45, 7) is 11.5. The summed E-state index contributed by atoms with van der Waals surface area (Å²) in [5.41, 5.74) is 2.77. The van der Waals surface area contributed by atoms with Crippen molar-refractivity contribution in [2.75, 3.05) is 26.7 Å². The fourth-order valence-corrected chi connectivity index (χ4v) is 2.90. The maximum absolute atomic E-state index is 5.29. The number of rotatable bonds is 7. The van der Waals surface area contributed by atoms with Crippen molar-refractivity contribution in [3.05, 3.63) is 29.3 Å². The van der Waals surface area contributed by atoms with Gasteiger partial charge in [0.1, 0.15) is 12.3 Å². The number of ether oxygens (including phenoxy) is 1. The Hall–Kier alpha value is -0.540. The Morgan fingerprint density at radius 1 is 1.06 bits per heavy atom. The van der Waals surface area contributed by atoms with E-state index in [2.05, 4.69) is 54.9 Å². The Labute approximate surface area is 120 Å². The van der Waals surface area contributed by atoms with Crippen LogP contribution in [0.5, 0.6) is 5.75 Å². The molecule has 0 amide bonds. The summed E-state index contributed by atoms with van der Waals surface area (Å²) in [7, 11) is 1.72. The first-order valence-corrected chi connectivity index (χ1v) is 7.83. The third kappa shape index (κ3) is 3.48. The fraction of sp³-hybridized carbons (Fsp3) is 0.600. The van der Waals surface area contributed by atoms with Crippen LogP contribution in [0.25, 0.3) is 0 Å². The van der Waals surface area contributed by atoms with Gasteiger partial charge in [0.25, 0.3) is 0 Å². The molecular weight excluding hydrogens is 290 g/mol. The molecule has 18 heavy (non-hydrogen) atoms. The zero-order chi connectivity index (χ0) is 13.6. The van der Waals surface area contributed by atoms with Crippen molar-refractivity contribution in [2.24, 2.45) is 0 Å². The Bertz CT molecular complexity index is 366. The summed E-state index contributed by atoms with van der Waals surface area (Å²) in [6.07, 6.45) is 0. The van der Waals surface area contributed by atoms with Crippen LogP contribution in [0, 0.1) is 0 Å². The molecule has 0 atom stereocenters. The highest BCUT2D eigenvalue weighted by molar-refractivity contribution is 9.08. The predicted molar refractivity (Wildman–Crippen MR) is 81.2 cm³/mol. The molecule has 0 aliphatic rings. The van der Waals surface area contributed by atoms with Gasteiger partial charge in [0.15, 0.2) is 0 Å². The van der Waals surface area contributed by atoms with E-state index in [1.54, 1.807) is 7.11 Å². The molecule has 1 aromatic rings. The van der Waals surface area contributed by atoms with Crippen LogP contribution in [0.3, 0.4) is 0 Å². The van der Waals surface area contributed by atoms with Gasteiger partial charge in [-0.05, 0) is 44.5 Å². The molecule has 0 saturated carbocycles. The quantitative estimate of drug-likeness (QED) is 0.546. The standard InChI is InChI=1S/C15H25BrNO/c1-5-17(6-2,7-3)12-13-8-9-15(18-4)10-14(13)11-16/h8-10H,5-7,11-12H2,1-4H3/q+1. The second kappa shape index (κ2) is 7.15. The minimum Gasteiger partial charge on any atom is -0.497 e. The van der Waals surface area contributed by atoms with Gasteiger partial charge in [-0.25, -0.2) is 0 Å². The predicted octanol–water partition coefficient (Wildman–Crippen LogP) is 3.97. The van der Waals surface area contributed by atoms with E-state index in [4.69, 9.17) is 4.74 Å². The Kier molecular flexibility index (Phi) is 6.16. The van der Waals surface area contributed by atoms with Crippen molar-refractivity contribution in [3.63, 3.8) is 0 Å². The number of benzene rings is 1. The van der Waals surface area contributed by atoms with Crippen molar-refractivity contribution in [1.29, 1.82) is 0 Å². The van der Waals surface area contributed by atoms with Crippen LogP contribution < -0.4 is 4.74 Å². The van der Waals surface area contributed by atoms with E-state index < -0.39 is 0 Å². The van der Waals surface area contributed by atoms with Gasteiger partial charge in [0, 0.05) is 10.9 Å². The molecule has 0 saturated heterocycles. The van der Waals surface area contributed by atoms with Gasteiger partial charge in [-0.2, -0.15) is 0 Å². The Morgan fingerprint density at radius 2 is 1.67 bits per heavy atom. The van der Waals surface area contributed by atoms with Crippen LogP contribution in [0.1, 0.15) is 31.9 Å². The second-order valence-corrected chi connectivity index (χ2v) is 5.28. The van der Waals surface area contributed by atoms with Gasteiger partial charge in [-0.15, -0.1) is 0 Å². The molecule has 1 aromatic carbocycles. The summed E-state index contributed by atoms with van der Waals surface area (Å²) in [6, 6.07) is 6.42. The summed E-state index contributed by atoms with van der Waals surface area (Å²) in [4.78, 5) is 0. The van der Waals surface area contributed by atoms with Gasteiger partial charge in [0.05, 0.1) is 26.7 Å². The lowest BCUT2D eigenvalue weighted by Gasteiger charge is -2.36. The first-order valence-electron chi connectivity index (χ1n) is 6.71. The lowest BCUT2D eigenvalue weighted by atomic mass is 10.1. The highest BCUT2D eigenvalue weighted by atomic mass is 79.9. The number of hydrogen-bond donors (Lipinski definition) is 0. The van der Waals surface area contributed by atoms with Gasteiger partial charge in [-0.3, -0.25) is 0 Å². The van der Waals surface area contributed by atoms with Gasteiger partial charge in [-0.1, -0.05) is 15.9 Å². The smallest absolute Gasteiger partial charge is 0.119 e. The zero-order valence-corrected chi connectivity index (χ0v) is 13.6. The van der Waals surface area contributed by atoms with Crippen LogP contribution in [0.15, 0.2) is 18.2 Å². The van der Waals surface area contributed by atoms with E-state index in [0.29, 0.717) is 0 Å². The zero-order valence-electron chi connectivity index (χ0n) is 12.0. The molecule has 0 radical (unpaired) electrons. The fourth-order valence-electron chi connectivity index (χ4n) is 2.38. The molecule has 0 heterocycles. The van der Waals surface area contributed by atoms with E-state index >= 15 is 0 Å². The molecule has 0 fully saturated rings. The highest BCUT2D eigenvalue weighted by Crippen LogP contribution is 2.24. The normalized spacial score (nSPS) is 11.6. The van der Waals surface area contributed by atoms with Gasteiger partial charge >= 0.3 is 0 Å². The molecule has 1 rings (SSSR count). The van der Waals surface area contributed by atoms with Crippen LogP contribution in [0.2, 0.25) is 0 Å². The average molecular weight is 315 g/mol. The minimum absolute atomic E-state index is 0.886. The van der Waals surface area contributed by atoms with Crippen LogP contribution >= 0.6 is 15.9 Å². The first kappa shape index (κ1) is 15.5. The topological polar surface area (TPSA) is 9.23 Å². The molecular formula is C15H25BrNO+. The second-order valence-electron chi connectivity index (χ2n) is 4.72. The van der Waals surface area contributed by atoms with Crippen molar-refractivity contribution >= 4 is 15.9 Å². The first-order chi connectivity index (χ1) is 8.64. The van der Waals surface area contributed by atoms with Crippen LogP contribution in [0.4, 0.5) is 0 Å². The third-order valence-corrected chi connectivity index (χ3v) is 4.68. The lowest BCUT2D eigenvalue weighted by Crippen LogP contribution is -2.46. The van der Waals surface area contributed by atoms with E-state index in [-0.39, 0.29) is 0 Å². The average Bonchev–Trinajstić information content (AvgIpc) is 2.45. The van der Waals surface area contributed by atoms with Gasteiger partial charge in [0.2, 0.25) is 0 Å². The van der Waals surface area contributed by atoms with Crippen LogP contribution in [-0.4, -0.2) is 31.2 Å². The number of nitrogens with zero attached hydrogens (tertiary/aromatic N) is 1. The van der Waals surface area contributed by atoms with Crippen LogP contribution in [-0.2, 0) is 11.9 Å². The number of alkyl halides is 1. The summed E-state index contributed by atoms with van der Waals surface area (Å²) in [5, 5.41) is 0.886. The Morgan fingerprint density at radius 3 is 2.11 bits per heavy atom. The number of halogens is 1. The van der Waals surface area contributed by atoms with Crippen molar-refractivity contribution in [2.45, 2.75) is 32.6 Å². The lowest BCUT2D eigenvalue weighted by molar-refractivity contribution is -0.936. The van der Waals surface area contributed by atoms with E-state index in [1.165, 1.54) is 30.8 Å². The summed E-state index contributed by atoms with van der Waals surface area (Å²) >= 11 is 3.58. The third-order valence-electron chi connectivity index (χ3n) is 4.08. The number of methoxy groups -OCH3 is 1. The number of quaternary nitrogens is 1. The molecule has 0 aromatic heterocycles. The molecule has 0 unspecified atom stereocenters. The largest absolute Gasteiger partial charge is 0.497 e. The van der Waals surface area contributed by atoms with E-state index in [0.717, 1.165) is 22.1 Å². The maximum atomic E-state index is 5.29. The Balaban J connectivity index is 3.02. The monoisotopic (exact) mass is 314 g/mol. The van der Waals surface area contributed by atoms with E-state index in [1.807, 2.05) is 0 Å². The molecule has 0 bridgehead atoms. The molecule has 102 valence electrons.